The molecular weight excluding hydrogens is 167 g/mol. The zero-order chi connectivity index (χ0) is 9.47. The first-order valence-electron chi connectivity index (χ1n) is 4.42. The summed E-state index contributed by atoms with van der Waals surface area (Å²) in [6.45, 7) is 0. The van der Waals surface area contributed by atoms with Crippen LogP contribution in [0.3, 0.4) is 0 Å². The lowest BCUT2D eigenvalue weighted by molar-refractivity contribution is 0.534. The maximum Gasteiger partial charge on any atom is 0.123 e. The molecule has 1 unspecified atom stereocenters. The summed E-state index contributed by atoms with van der Waals surface area (Å²) in [5.74, 6) is -0.238. The molecule has 2 nitrogen and oxygen atoms in total. The van der Waals surface area contributed by atoms with Crippen LogP contribution in [-0.2, 0) is 0 Å². The Morgan fingerprint density at radius 1 is 1.23 bits per heavy atom. The summed E-state index contributed by atoms with van der Waals surface area (Å²) in [7, 11) is 0. The van der Waals surface area contributed by atoms with Crippen LogP contribution in [0.2, 0.25) is 0 Å². The van der Waals surface area contributed by atoms with Gasteiger partial charge in [-0.05, 0) is 30.5 Å². The second-order valence-electron chi connectivity index (χ2n) is 3.76. The molecule has 0 amide bonds. The summed E-state index contributed by atoms with van der Waals surface area (Å²) in [4.78, 5) is 0. The third-order valence-electron chi connectivity index (χ3n) is 2.68. The van der Waals surface area contributed by atoms with Gasteiger partial charge in [-0.2, -0.15) is 0 Å². The fourth-order valence-electron chi connectivity index (χ4n) is 1.46. The van der Waals surface area contributed by atoms with Crippen LogP contribution in [0.1, 0.15) is 24.4 Å². The number of hydrogen-bond donors (Lipinski definition) is 2. The minimum absolute atomic E-state index is 0.159. The van der Waals surface area contributed by atoms with Crippen LogP contribution in [0.4, 0.5) is 4.39 Å². The van der Waals surface area contributed by atoms with Crippen LogP contribution >= 0.6 is 0 Å². The average Bonchev–Trinajstić information content (AvgIpc) is 2.85. The summed E-state index contributed by atoms with van der Waals surface area (Å²) in [5.41, 5.74) is 12.6. The molecule has 2 rings (SSSR count). The van der Waals surface area contributed by atoms with Crippen molar-refractivity contribution in [1.29, 1.82) is 0 Å². The van der Waals surface area contributed by atoms with E-state index in [0.717, 1.165) is 18.4 Å². The lowest BCUT2D eigenvalue weighted by atomic mass is 9.99. The molecular formula is C10H13FN2. The van der Waals surface area contributed by atoms with E-state index in [-0.39, 0.29) is 17.4 Å². The van der Waals surface area contributed by atoms with E-state index in [9.17, 15) is 4.39 Å². The molecule has 1 aliphatic rings. The standard InChI is InChI=1S/C10H13FN2/c11-8-3-1-7(2-4-8)9(12)10(13)5-6-10/h1-4,9H,5-6,12-13H2. The highest BCUT2D eigenvalue weighted by molar-refractivity contribution is 5.26. The van der Waals surface area contributed by atoms with Crippen molar-refractivity contribution in [1.82, 2.24) is 0 Å². The predicted molar refractivity (Wildman–Crippen MR) is 49.5 cm³/mol. The van der Waals surface area contributed by atoms with Crippen molar-refractivity contribution in [3.05, 3.63) is 35.6 Å². The molecule has 0 heterocycles. The monoisotopic (exact) mass is 180 g/mol. The summed E-state index contributed by atoms with van der Waals surface area (Å²) >= 11 is 0. The molecule has 1 aromatic carbocycles. The zero-order valence-electron chi connectivity index (χ0n) is 7.33. The Bertz CT molecular complexity index is 303. The van der Waals surface area contributed by atoms with Gasteiger partial charge in [0.1, 0.15) is 5.82 Å². The maximum absolute atomic E-state index is 12.6. The van der Waals surface area contributed by atoms with Crippen molar-refractivity contribution in [2.24, 2.45) is 11.5 Å². The Balaban J connectivity index is 2.20. The highest BCUT2D eigenvalue weighted by atomic mass is 19.1. The number of rotatable bonds is 2. The van der Waals surface area contributed by atoms with Crippen LogP contribution in [0, 0.1) is 5.82 Å². The highest BCUT2D eigenvalue weighted by Crippen LogP contribution is 2.41. The van der Waals surface area contributed by atoms with Gasteiger partial charge in [0.25, 0.3) is 0 Å². The first-order valence-corrected chi connectivity index (χ1v) is 4.42. The number of nitrogens with two attached hydrogens (primary N) is 2. The van der Waals surface area contributed by atoms with E-state index >= 15 is 0 Å². The van der Waals surface area contributed by atoms with Crippen molar-refractivity contribution in [3.63, 3.8) is 0 Å². The van der Waals surface area contributed by atoms with Gasteiger partial charge in [0.15, 0.2) is 0 Å². The molecule has 0 radical (unpaired) electrons. The fourth-order valence-corrected chi connectivity index (χ4v) is 1.46. The minimum Gasteiger partial charge on any atom is -0.323 e. The van der Waals surface area contributed by atoms with E-state index in [4.69, 9.17) is 11.5 Å². The third kappa shape index (κ3) is 1.57. The van der Waals surface area contributed by atoms with Crippen molar-refractivity contribution >= 4 is 0 Å². The Morgan fingerprint density at radius 3 is 2.23 bits per heavy atom. The normalized spacial score (nSPS) is 21.2. The molecule has 0 spiro atoms. The minimum atomic E-state index is -0.238. The van der Waals surface area contributed by atoms with Crippen molar-refractivity contribution < 1.29 is 4.39 Å². The van der Waals surface area contributed by atoms with Gasteiger partial charge in [-0.25, -0.2) is 4.39 Å². The van der Waals surface area contributed by atoms with E-state index in [1.807, 2.05) is 0 Å². The summed E-state index contributed by atoms with van der Waals surface area (Å²) < 4.78 is 12.6. The largest absolute Gasteiger partial charge is 0.323 e. The molecule has 4 N–H and O–H groups in total. The molecule has 3 heteroatoms. The SMILES string of the molecule is NC(c1ccc(F)cc1)C1(N)CC1. The smallest absolute Gasteiger partial charge is 0.123 e. The predicted octanol–water partition coefficient (Wildman–Crippen LogP) is 1.32. The molecule has 1 fully saturated rings. The highest BCUT2D eigenvalue weighted by Gasteiger charge is 2.44. The van der Waals surface area contributed by atoms with E-state index in [1.165, 1.54) is 12.1 Å². The second-order valence-corrected chi connectivity index (χ2v) is 3.76. The lowest BCUT2D eigenvalue weighted by Crippen LogP contribution is -2.36. The molecule has 1 aromatic rings. The van der Waals surface area contributed by atoms with Gasteiger partial charge >= 0.3 is 0 Å². The molecule has 1 saturated carbocycles. The molecule has 13 heavy (non-hydrogen) atoms. The molecule has 0 bridgehead atoms. The topological polar surface area (TPSA) is 52.0 Å². The molecule has 1 aliphatic carbocycles. The van der Waals surface area contributed by atoms with Crippen LogP contribution in [0.15, 0.2) is 24.3 Å². The van der Waals surface area contributed by atoms with Crippen LogP contribution in [0.25, 0.3) is 0 Å². The van der Waals surface area contributed by atoms with Gasteiger partial charge in [-0.15, -0.1) is 0 Å². The fraction of sp³-hybridized carbons (Fsp3) is 0.400. The second kappa shape index (κ2) is 2.79. The van der Waals surface area contributed by atoms with E-state index in [2.05, 4.69) is 0 Å². The van der Waals surface area contributed by atoms with Gasteiger partial charge in [-0.1, -0.05) is 12.1 Å². The molecule has 0 saturated heterocycles. The Hall–Kier alpha value is -0.930. The van der Waals surface area contributed by atoms with Gasteiger partial charge in [0, 0.05) is 11.6 Å². The van der Waals surface area contributed by atoms with Gasteiger partial charge < -0.3 is 11.5 Å². The maximum atomic E-state index is 12.6. The van der Waals surface area contributed by atoms with E-state index in [1.54, 1.807) is 12.1 Å². The average molecular weight is 180 g/mol. The van der Waals surface area contributed by atoms with Crippen LogP contribution in [0.5, 0.6) is 0 Å². The van der Waals surface area contributed by atoms with Gasteiger partial charge in [-0.3, -0.25) is 0 Å². The number of hydrogen-bond acceptors (Lipinski definition) is 2. The van der Waals surface area contributed by atoms with Crippen molar-refractivity contribution in [2.75, 3.05) is 0 Å². The quantitative estimate of drug-likeness (QED) is 0.721. The van der Waals surface area contributed by atoms with Gasteiger partial charge in [0.05, 0.1) is 0 Å². The molecule has 0 aromatic heterocycles. The molecule has 0 aliphatic heterocycles. The van der Waals surface area contributed by atoms with Crippen LogP contribution < -0.4 is 11.5 Å². The first kappa shape index (κ1) is 8.66. The zero-order valence-corrected chi connectivity index (χ0v) is 7.33. The molecule has 70 valence electrons. The third-order valence-corrected chi connectivity index (χ3v) is 2.68. The Kier molecular flexibility index (Phi) is 1.86. The van der Waals surface area contributed by atoms with E-state index in [0.29, 0.717) is 0 Å². The van der Waals surface area contributed by atoms with E-state index < -0.39 is 0 Å². The molecule has 1 atom stereocenters. The first-order chi connectivity index (χ1) is 6.12. The summed E-state index contributed by atoms with van der Waals surface area (Å²) in [5, 5.41) is 0. The van der Waals surface area contributed by atoms with Crippen molar-refractivity contribution in [3.8, 4) is 0 Å². The summed E-state index contributed by atoms with van der Waals surface area (Å²) in [6, 6.07) is 6.08. The number of benzene rings is 1. The number of halogens is 1. The lowest BCUT2D eigenvalue weighted by Gasteiger charge is -2.18. The van der Waals surface area contributed by atoms with Gasteiger partial charge in [0.2, 0.25) is 0 Å². The Labute approximate surface area is 76.7 Å². The van der Waals surface area contributed by atoms with Crippen molar-refractivity contribution in [2.45, 2.75) is 24.4 Å². The van der Waals surface area contributed by atoms with Crippen LogP contribution in [-0.4, -0.2) is 5.54 Å². The summed E-state index contributed by atoms with van der Waals surface area (Å²) in [6.07, 6.45) is 1.93. The Morgan fingerprint density at radius 2 is 1.77 bits per heavy atom.